The third kappa shape index (κ3) is 6.18. The molecule has 3 N–H and O–H groups in total. The summed E-state index contributed by atoms with van der Waals surface area (Å²) in [5, 5.41) is 28.3. The van der Waals surface area contributed by atoms with Crippen molar-refractivity contribution in [3.05, 3.63) is 33.9 Å². The molecule has 0 aromatic heterocycles. The van der Waals surface area contributed by atoms with Gasteiger partial charge in [-0.2, -0.15) is 0 Å². The van der Waals surface area contributed by atoms with Gasteiger partial charge in [0.15, 0.2) is 5.75 Å². The highest BCUT2D eigenvalue weighted by Crippen LogP contribution is 2.27. The Kier molecular flexibility index (Phi) is 8.59. The number of nitro benzene ring substituents is 1. The Morgan fingerprint density at radius 2 is 2.18 bits per heavy atom. The van der Waals surface area contributed by atoms with Gasteiger partial charge in [-0.15, -0.1) is 0 Å². The van der Waals surface area contributed by atoms with Crippen molar-refractivity contribution in [3.63, 3.8) is 0 Å². The first kappa shape index (κ1) is 24.9. The van der Waals surface area contributed by atoms with E-state index in [1.165, 1.54) is 23.3 Å². The fraction of sp³-hybridized carbons (Fsp3) is 0.636. The van der Waals surface area contributed by atoms with E-state index in [-0.39, 0.29) is 24.5 Å². The third-order valence-corrected chi connectivity index (χ3v) is 6.21. The molecule has 2 aliphatic heterocycles. The van der Waals surface area contributed by atoms with Crippen LogP contribution in [0.4, 0.5) is 5.69 Å². The standard InChI is InChI=1S/C22H32N4O7/c1-14(20(32-2)16-6-5-9-23-16)21(28)24-17(22(29)25-10-3-4-11-33-25)12-15-7-8-19(27)18(13-15)26(30)31/h7-8,13-14,16-17,20,23,27H,3-6,9-12H2,1-2H3,(H,24,28)/t14?,16-,17-,20?/m0/s1. The molecule has 2 aliphatic rings. The monoisotopic (exact) mass is 464 g/mol. The second kappa shape index (κ2) is 11.4. The van der Waals surface area contributed by atoms with E-state index in [0.717, 1.165) is 32.2 Å². The molecule has 2 unspecified atom stereocenters. The predicted octanol–water partition coefficient (Wildman–Crippen LogP) is 1.28. The summed E-state index contributed by atoms with van der Waals surface area (Å²) in [6, 6.07) is 2.98. The number of nitro groups is 1. The van der Waals surface area contributed by atoms with Crippen LogP contribution in [-0.4, -0.2) is 71.9 Å². The van der Waals surface area contributed by atoms with Gasteiger partial charge in [-0.1, -0.05) is 13.0 Å². The number of amides is 2. The van der Waals surface area contributed by atoms with Crippen LogP contribution in [0.25, 0.3) is 0 Å². The number of nitrogens with zero attached hydrogens (tertiary/aromatic N) is 2. The number of phenolic OH excluding ortho intramolecular Hbond substituents is 1. The van der Waals surface area contributed by atoms with Crippen molar-refractivity contribution < 1.29 is 29.2 Å². The first-order chi connectivity index (χ1) is 15.8. The van der Waals surface area contributed by atoms with Crippen molar-refractivity contribution in [3.8, 4) is 5.75 Å². The Morgan fingerprint density at radius 3 is 2.79 bits per heavy atom. The van der Waals surface area contributed by atoms with Gasteiger partial charge in [0.1, 0.15) is 6.04 Å². The van der Waals surface area contributed by atoms with Crippen LogP contribution < -0.4 is 10.6 Å². The SMILES string of the molecule is COC(C(C)C(=O)N[C@@H](Cc1ccc(O)c([N+](=O)[O-])c1)C(=O)N1CCCCO1)[C@@H]1CCCN1. The fourth-order valence-corrected chi connectivity index (χ4v) is 4.38. The number of rotatable bonds is 9. The van der Waals surface area contributed by atoms with E-state index in [4.69, 9.17) is 9.57 Å². The second-order valence-electron chi connectivity index (χ2n) is 8.52. The minimum absolute atomic E-state index is 0.0115. The van der Waals surface area contributed by atoms with Crippen molar-refractivity contribution in [2.75, 3.05) is 26.8 Å². The fourth-order valence-electron chi connectivity index (χ4n) is 4.38. The van der Waals surface area contributed by atoms with E-state index in [0.29, 0.717) is 18.7 Å². The molecular weight excluding hydrogens is 432 g/mol. The lowest BCUT2D eigenvalue weighted by Crippen LogP contribution is -2.54. The van der Waals surface area contributed by atoms with Gasteiger partial charge in [-0.25, -0.2) is 5.06 Å². The molecule has 0 spiro atoms. The minimum atomic E-state index is -0.990. The molecule has 182 valence electrons. The number of hydroxylamine groups is 2. The Hall–Kier alpha value is -2.76. The van der Waals surface area contributed by atoms with Crippen LogP contribution in [0, 0.1) is 16.0 Å². The maximum atomic E-state index is 13.2. The van der Waals surface area contributed by atoms with E-state index >= 15 is 0 Å². The molecule has 3 rings (SSSR count). The van der Waals surface area contributed by atoms with Gasteiger partial charge in [0, 0.05) is 32.2 Å². The van der Waals surface area contributed by atoms with E-state index < -0.39 is 34.2 Å². The molecule has 2 amide bonds. The van der Waals surface area contributed by atoms with Crippen LogP contribution in [-0.2, 0) is 25.6 Å². The quantitative estimate of drug-likeness (QED) is 0.366. The van der Waals surface area contributed by atoms with Gasteiger partial charge in [-0.3, -0.25) is 24.5 Å². The highest BCUT2D eigenvalue weighted by atomic mass is 16.7. The second-order valence-corrected chi connectivity index (χ2v) is 8.52. The summed E-state index contributed by atoms with van der Waals surface area (Å²) in [7, 11) is 1.56. The number of carbonyl (C=O) groups is 2. The van der Waals surface area contributed by atoms with E-state index in [2.05, 4.69) is 10.6 Å². The zero-order valence-corrected chi connectivity index (χ0v) is 19.0. The van der Waals surface area contributed by atoms with E-state index in [1.54, 1.807) is 14.0 Å². The number of carbonyl (C=O) groups excluding carboxylic acids is 2. The van der Waals surface area contributed by atoms with Crippen molar-refractivity contribution in [1.29, 1.82) is 0 Å². The van der Waals surface area contributed by atoms with Gasteiger partial charge < -0.3 is 20.5 Å². The maximum absolute atomic E-state index is 13.2. The summed E-state index contributed by atoms with van der Waals surface area (Å²) in [4.78, 5) is 42.3. The summed E-state index contributed by atoms with van der Waals surface area (Å²) >= 11 is 0. The highest BCUT2D eigenvalue weighted by Gasteiger charge is 2.36. The predicted molar refractivity (Wildman–Crippen MR) is 118 cm³/mol. The molecule has 4 atom stereocenters. The lowest BCUT2D eigenvalue weighted by atomic mass is 9.94. The number of nitrogens with one attached hydrogen (secondary N) is 2. The lowest BCUT2D eigenvalue weighted by Gasteiger charge is -2.32. The van der Waals surface area contributed by atoms with Crippen LogP contribution >= 0.6 is 0 Å². The highest BCUT2D eigenvalue weighted by molar-refractivity contribution is 5.88. The molecule has 2 fully saturated rings. The summed E-state index contributed by atoms with van der Waals surface area (Å²) in [5.41, 5.74) is -0.0251. The molecule has 0 saturated carbocycles. The Morgan fingerprint density at radius 1 is 1.39 bits per heavy atom. The maximum Gasteiger partial charge on any atom is 0.310 e. The summed E-state index contributed by atoms with van der Waals surface area (Å²) < 4.78 is 5.60. The van der Waals surface area contributed by atoms with Crippen molar-refractivity contribution in [2.24, 2.45) is 5.92 Å². The number of phenols is 1. The Bertz CT molecular complexity index is 853. The first-order valence-corrected chi connectivity index (χ1v) is 11.3. The smallest absolute Gasteiger partial charge is 0.310 e. The molecule has 0 aliphatic carbocycles. The lowest BCUT2D eigenvalue weighted by molar-refractivity contribution is -0.385. The molecule has 1 aromatic carbocycles. The Labute approximate surface area is 192 Å². The van der Waals surface area contributed by atoms with Crippen LogP contribution in [0.5, 0.6) is 5.75 Å². The first-order valence-electron chi connectivity index (χ1n) is 11.3. The number of ether oxygens (including phenoxy) is 1. The molecular formula is C22H32N4O7. The molecule has 0 radical (unpaired) electrons. The van der Waals surface area contributed by atoms with E-state index in [9.17, 15) is 24.8 Å². The normalized spacial score (nSPS) is 21.3. The molecule has 11 nitrogen and oxygen atoms in total. The molecule has 2 saturated heterocycles. The van der Waals surface area contributed by atoms with Gasteiger partial charge in [0.05, 0.1) is 23.6 Å². The molecule has 0 bridgehead atoms. The van der Waals surface area contributed by atoms with E-state index in [1.807, 2.05) is 0 Å². The zero-order valence-electron chi connectivity index (χ0n) is 19.0. The Balaban J connectivity index is 1.79. The topological polar surface area (TPSA) is 143 Å². The van der Waals surface area contributed by atoms with Gasteiger partial charge in [0.2, 0.25) is 5.91 Å². The van der Waals surface area contributed by atoms with Crippen molar-refractivity contribution in [1.82, 2.24) is 15.7 Å². The van der Waals surface area contributed by atoms with Gasteiger partial charge >= 0.3 is 5.69 Å². The number of hydrogen-bond donors (Lipinski definition) is 3. The largest absolute Gasteiger partial charge is 0.502 e. The van der Waals surface area contributed by atoms with Crippen molar-refractivity contribution >= 4 is 17.5 Å². The summed E-state index contributed by atoms with van der Waals surface area (Å²) in [5.74, 6) is -1.76. The van der Waals surface area contributed by atoms with Gasteiger partial charge in [0.25, 0.3) is 5.91 Å². The van der Waals surface area contributed by atoms with Gasteiger partial charge in [-0.05, 0) is 43.9 Å². The number of hydrogen-bond acceptors (Lipinski definition) is 8. The van der Waals surface area contributed by atoms with Crippen LogP contribution in [0.3, 0.4) is 0 Å². The number of benzene rings is 1. The zero-order chi connectivity index (χ0) is 24.0. The number of aromatic hydroxyl groups is 1. The third-order valence-electron chi connectivity index (χ3n) is 6.21. The molecule has 33 heavy (non-hydrogen) atoms. The summed E-state index contributed by atoms with van der Waals surface area (Å²) in [6.07, 6.45) is 3.18. The average molecular weight is 465 g/mol. The van der Waals surface area contributed by atoms with Crippen LogP contribution in [0.2, 0.25) is 0 Å². The van der Waals surface area contributed by atoms with Crippen LogP contribution in [0.1, 0.15) is 38.2 Å². The average Bonchev–Trinajstić information content (AvgIpc) is 3.34. The van der Waals surface area contributed by atoms with Crippen molar-refractivity contribution in [2.45, 2.75) is 57.2 Å². The molecule has 2 heterocycles. The minimum Gasteiger partial charge on any atom is -0.502 e. The number of methoxy groups -OCH3 is 1. The van der Waals surface area contributed by atoms with Crippen LogP contribution in [0.15, 0.2) is 18.2 Å². The summed E-state index contributed by atoms with van der Waals surface area (Å²) in [6.45, 7) is 3.44. The molecule has 11 heteroatoms. The molecule has 1 aromatic rings.